The number of hydrogen-bond acceptors (Lipinski definition) is 6. The minimum absolute atomic E-state index is 0.331. The molecular formula is C15H27N3O3. The smallest absolute Gasteiger partial charge is 0.213 e. The van der Waals surface area contributed by atoms with Crippen molar-refractivity contribution in [3.05, 3.63) is 12.2 Å². The number of aliphatic hydroxyl groups is 1. The molecule has 120 valence electrons. The Morgan fingerprint density at radius 2 is 2.33 bits per heavy atom. The van der Waals surface area contributed by atoms with Crippen molar-refractivity contribution in [2.45, 2.75) is 57.7 Å². The Kier molecular flexibility index (Phi) is 7.12. The fraction of sp³-hybridized carbons (Fsp3) is 0.867. The van der Waals surface area contributed by atoms with E-state index in [-0.39, 0.29) is 0 Å². The summed E-state index contributed by atoms with van der Waals surface area (Å²) in [6, 6.07) is 0. The van der Waals surface area contributed by atoms with Crippen molar-refractivity contribution in [2.75, 3.05) is 19.7 Å². The average Bonchev–Trinajstić information content (AvgIpc) is 3.03. The second-order valence-corrected chi connectivity index (χ2v) is 5.78. The Morgan fingerprint density at radius 3 is 3.10 bits per heavy atom. The molecule has 1 aromatic heterocycles. The van der Waals surface area contributed by atoms with Gasteiger partial charge in [-0.1, -0.05) is 31.3 Å². The fourth-order valence-corrected chi connectivity index (χ4v) is 2.93. The van der Waals surface area contributed by atoms with Crippen molar-refractivity contribution >= 4 is 0 Å². The highest BCUT2D eigenvalue weighted by Crippen LogP contribution is 2.29. The maximum atomic E-state index is 9.96. The molecule has 3 unspecified atom stereocenters. The van der Waals surface area contributed by atoms with Gasteiger partial charge in [-0.2, -0.15) is 4.98 Å². The molecule has 0 aliphatic heterocycles. The lowest BCUT2D eigenvalue weighted by molar-refractivity contribution is -0.0498. The van der Waals surface area contributed by atoms with Gasteiger partial charge in [0.15, 0.2) is 5.82 Å². The van der Waals surface area contributed by atoms with Crippen LogP contribution in [0.2, 0.25) is 0 Å². The summed E-state index contributed by atoms with van der Waals surface area (Å²) in [5.41, 5.74) is 0. The van der Waals surface area contributed by atoms with Crippen LogP contribution in [-0.4, -0.2) is 47.2 Å². The first-order valence-electron chi connectivity index (χ1n) is 8.05. The number of hydrogen-bond donors (Lipinski definition) is 2. The van der Waals surface area contributed by atoms with E-state index in [4.69, 9.17) is 4.74 Å². The number of nitrogens with zero attached hydrogens (tertiary/aromatic N) is 2. The normalized spacial score (nSPS) is 24.1. The van der Waals surface area contributed by atoms with Crippen molar-refractivity contribution in [1.29, 1.82) is 0 Å². The molecule has 0 spiro atoms. The average molecular weight is 297 g/mol. The molecule has 0 bridgehead atoms. The zero-order valence-electron chi connectivity index (χ0n) is 12.8. The first kappa shape index (κ1) is 16.4. The van der Waals surface area contributed by atoms with Crippen molar-refractivity contribution in [1.82, 2.24) is 15.5 Å². The van der Waals surface area contributed by atoms with E-state index in [1.54, 1.807) is 0 Å². The summed E-state index contributed by atoms with van der Waals surface area (Å²) in [5.74, 6) is 1.35. The molecule has 6 heteroatoms. The van der Waals surface area contributed by atoms with Gasteiger partial charge >= 0.3 is 0 Å². The van der Waals surface area contributed by atoms with Gasteiger partial charge in [-0.25, -0.2) is 0 Å². The van der Waals surface area contributed by atoms with Crippen LogP contribution < -0.4 is 5.32 Å². The van der Waals surface area contributed by atoms with Gasteiger partial charge in [0.05, 0.1) is 18.8 Å². The predicted octanol–water partition coefficient (Wildman–Crippen LogP) is 1.55. The van der Waals surface area contributed by atoms with Gasteiger partial charge in [-0.05, 0) is 18.8 Å². The summed E-state index contributed by atoms with van der Waals surface area (Å²) in [5, 5.41) is 16.9. The summed E-state index contributed by atoms with van der Waals surface area (Å²) in [7, 11) is 0. The zero-order valence-corrected chi connectivity index (χ0v) is 12.8. The Morgan fingerprint density at radius 1 is 1.48 bits per heavy atom. The van der Waals surface area contributed by atoms with Crippen LogP contribution >= 0.6 is 0 Å². The predicted molar refractivity (Wildman–Crippen MR) is 78.9 cm³/mol. The Hall–Kier alpha value is -0.980. The summed E-state index contributed by atoms with van der Waals surface area (Å²) in [6.45, 7) is 3.89. The highest BCUT2D eigenvalue weighted by molar-refractivity contribution is 4.79. The monoisotopic (exact) mass is 297 g/mol. The van der Waals surface area contributed by atoms with E-state index in [1.807, 2.05) is 0 Å². The molecule has 1 heterocycles. The second kappa shape index (κ2) is 9.12. The standard InChI is InChI=1S/C15H27N3O3/c1-2-12-5-3-4-6-14(12)20-10-13(19)9-16-8-7-15-17-11-21-18-15/h11-14,16,19H,2-10H2,1H3. The van der Waals surface area contributed by atoms with Crippen LogP contribution in [-0.2, 0) is 11.2 Å². The maximum absolute atomic E-state index is 9.96. The van der Waals surface area contributed by atoms with Crippen molar-refractivity contribution in [3.8, 4) is 0 Å². The van der Waals surface area contributed by atoms with Crippen molar-refractivity contribution in [2.24, 2.45) is 5.92 Å². The summed E-state index contributed by atoms with van der Waals surface area (Å²) >= 11 is 0. The summed E-state index contributed by atoms with van der Waals surface area (Å²) < 4.78 is 10.6. The molecule has 0 saturated heterocycles. The van der Waals surface area contributed by atoms with Gasteiger partial charge in [-0.3, -0.25) is 0 Å². The Balaban J connectivity index is 1.55. The van der Waals surface area contributed by atoms with Crippen LogP contribution in [0.4, 0.5) is 0 Å². The molecule has 0 radical (unpaired) electrons. The van der Waals surface area contributed by atoms with E-state index in [9.17, 15) is 5.11 Å². The maximum Gasteiger partial charge on any atom is 0.213 e. The Labute approximate surface area is 126 Å². The number of ether oxygens (including phenoxy) is 1. The van der Waals surface area contributed by atoms with Crippen LogP contribution in [0.1, 0.15) is 44.9 Å². The molecule has 0 amide bonds. The largest absolute Gasteiger partial charge is 0.389 e. The molecule has 2 rings (SSSR count). The van der Waals surface area contributed by atoms with Crippen molar-refractivity contribution < 1.29 is 14.4 Å². The number of aromatic nitrogens is 2. The van der Waals surface area contributed by atoms with E-state index < -0.39 is 6.10 Å². The molecule has 1 fully saturated rings. The molecule has 21 heavy (non-hydrogen) atoms. The Bertz CT molecular complexity index is 372. The van der Waals surface area contributed by atoms with Gasteiger partial charge < -0.3 is 19.7 Å². The molecule has 1 aromatic rings. The van der Waals surface area contributed by atoms with E-state index >= 15 is 0 Å². The lowest BCUT2D eigenvalue weighted by Crippen LogP contribution is -2.35. The highest BCUT2D eigenvalue weighted by atomic mass is 16.5. The molecule has 3 atom stereocenters. The zero-order chi connectivity index (χ0) is 14.9. The second-order valence-electron chi connectivity index (χ2n) is 5.78. The summed E-state index contributed by atoms with van der Waals surface area (Å²) in [6.07, 6.45) is 8.03. The van der Waals surface area contributed by atoms with Crippen molar-refractivity contribution in [3.63, 3.8) is 0 Å². The van der Waals surface area contributed by atoms with Gasteiger partial charge in [0.2, 0.25) is 6.39 Å². The lowest BCUT2D eigenvalue weighted by atomic mass is 9.85. The van der Waals surface area contributed by atoms with Crippen LogP contribution in [0.5, 0.6) is 0 Å². The number of nitrogens with one attached hydrogen (secondary N) is 1. The van der Waals surface area contributed by atoms with E-state index in [0.717, 1.165) is 13.0 Å². The van der Waals surface area contributed by atoms with Crippen LogP contribution in [0.3, 0.4) is 0 Å². The third kappa shape index (κ3) is 5.73. The summed E-state index contributed by atoms with van der Waals surface area (Å²) in [4.78, 5) is 3.94. The van der Waals surface area contributed by atoms with E-state index in [0.29, 0.717) is 37.4 Å². The first-order chi connectivity index (χ1) is 10.3. The molecule has 1 aliphatic rings. The van der Waals surface area contributed by atoms with Gasteiger partial charge in [0.1, 0.15) is 0 Å². The molecule has 1 aliphatic carbocycles. The molecule has 0 aromatic carbocycles. The van der Waals surface area contributed by atoms with Crippen LogP contribution in [0.15, 0.2) is 10.9 Å². The van der Waals surface area contributed by atoms with E-state index in [1.165, 1.54) is 32.1 Å². The quantitative estimate of drug-likeness (QED) is 0.673. The molecular weight excluding hydrogens is 270 g/mol. The molecule has 6 nitrogen and oxygen atoms in total. The fourth-order valence-electron chi connectivity index (χ4n) is 2.93. The van der Waals surface area contributed by atoms with Gasteiger partial charge in [0.25, 0.3) is 0 Å². The minimum atomic E-state index is -0.463. The van der Waals surface area contributed by atoms with Gasteiger partial charge in [-0.15, -0.1) is 0 Å². The van der Waals surface area contributed by atoms with E-state index in [2.05, 4.69) is 26.9 Å². The minimum Gasteiger partial charge on any atom is -0.389 e. The highest BCUT2D eigenvalue weighted by Gasteiger charge is 2.24. The number of rotatable bonds is 9. The topological polar surface area (TPSA) is 80.4 Å². The molecule has 1 saturated carbocycles. The third-order valence-corrected chi connectivity index (χ3v) is 4.18. The van der Waals surface area contributed by atoms with Crippen LogP contribution in [0.25, 0.3) is 0 Å². The third-order valence-electron chi connectivity index (χ3n) is 4.18. The SMILES string of the molecule is CCC1CCCCC1OCC(O)CNCCc1ncon1. The van der Waals surface area contributed by atoms with Gasteiger partial charge in [0, 0.05) is 19.5 Å². The lowest BCUT2D eigenvalue weighted by Gasteiger charge is -2.31. The van der Waals surface area contributed by atoms with Crippen LogP contribution in [0, 0.1) is 5.92 Å². The molecule has 2 N–H and O–H groups in total. The first-order valence-corrected chi connectivity index (χ1v) is 8.05. The number of aliphatic hydroxyl groups excluding tert-OH is 1.